The number of nitrogens with one attached hydrogen (secondary N) is 6. The maximum atomic E-state index is 13.3. The zero-order chi connectivity index (χ0) is 30.3. The third-order valence-electron chi connectivity index (χ3n) is 7.59. The minimum absolute atomic E-state index is 0.0456. The highest BCUT2D eigenvalue weighted by atomic mass is 19.4. The SMILES string of the molecule is N=C1NC2C(CN3C(=O)CCC3=O)NC(=N)N3C[C@H](NC(=O)c4cc(C(F)(F)F)cc(C(F)(F)F)c4)C(O)(O)C23N1. The van der Waals surface area contributed by atoms with E-state index in [1.807, 2.05) is 5.32 Å². The number of likely N-dealkylation sites (tertiary alicyclic amines) is 1. The van der Waals surface area contributed by atoms with Crippen molar-refractivity contribution in [2.75, 3.05) is 13.1 Å². The van der Waals surface area contributed by atoms with Crippen LogP contribution in [0.25, 0.3) is 0 Å². The van der Waals surface area contributed by atoms with Crippen LogP contribution in [0.2, 0.25) is 0 Å². The summed E-state index contributed by atoms with van der Waals surface area (Å²) in [5.74, 6) is -6.57. The molecule has 19 heteroatoms. The fourth-order valence-corrected chi connectivity index (χ4v) is 5.68. The van der Waals surface area contributed by atoms with Gasteiger partial charge in [0.05, 0.1) is 29.8 Å². The average Bonchev–Trinajstić information content (AvgIpc) is 3.45. The Balaban J connectivity index is 1.47. The Morgan fingerprint density at radius 3 is 2.10 bits per heavy atom. The van der Waals surface area contributed by atoms with Crippen LogP contribution < -0.4 is 21.3 Å². The average molecular weight is 592 g/mol. The van der Waals surface area contributed by atoms with E-state index in [4.69, 9.17) is 10.8 Å². The van der Waals surface area contributed by atoms with Crippen LogP contribution in [0, 0.1) is 10.8 Å². The topological polar surface area (TPSA) is 194 Å². The Hall–Kier alpha value is -4.13. The summed E-state index contributed by atoms with van der Waals surface area (Å²) >= 11 is 0. The second-order valence-corrected chi connectivity index (χ2v) is 10.0. The number of alkyl halides is 6. The van der Waals surface area contributed by atoms with Gasteiger partial charge < -0.3 is 36.4 Å². The molecule has 4 aliphatic heterocycles. The van der Waals surface area contributed by atoms with E-state index >= 15 is 0 Å². The van der Waals surface area contributed by atoms with E-state index in [0.29, 0.717) is 0 Å². The van der Waals surface area contributed by atoms with Crippen molar-refractivity contribution < 1.29 is 50.9 Å². The van der Waals surface area contributed by atoms with Crippen molar-refractivity contribution in [3.8, 4) is 0 Å². The van der Waals surface area contributed by atoms with Gasteiger partial charge in [0.2, 0.25) is 17.6 Å². The Kier molecular flexibility index (Phi) is 6.19. The summed E-state index contributed by atoms with van der Waals surface area (Å²) < 4.78 is 79.7. The number of imide groups is 1. The predicted octanol–water partition coefficient (Wildman–Crippen LogP) is -0.933. The van der Waals surface area contributed by atoms with Crippen molar-refractivity contribution in [2.45, 2.75) is 54.8 Å². The number of rotatable bonds is 4. The molecule has 3 amide bonds. The van der Waals surface area contributed by atoms with E-state index in [2.05, 4.69) is 16.0 Å². The third kappa shape index (κ3) is 4.39. The fraction of sp³-hybridized carbons (Fsp3) is 0.500. The summed E-state index contributed by atoms with van der Waals surface area (Å²) in [6.07, 6.45) is -10.6. The van der Waals surface area contributed by atoms with Crippen molar-refractivity contribution >= 4 is 29.6 Å². The first-order chi connectivity index (χ1) is 18.9. The molecule has 4 aliphatic rings. The van der Waals surface area contributed by atoms with Crippen LogP contribution >= 0.6 is 0 Å². The summed E-state index contributed by atoms with van der Waals surface area (Å²) in [6.45, 7) is -0.928. The lowest BCUT2D eigenvalue weighted by Crippen LogP contribution is -2.81. The molecule has 13 nitrogen and oxygen atoms in total. The fourth-order valence-electron chi connectivity index (χ4n) is 5.68. The van der Waals surface area contributed by atoms with Crippen LogP contribution in [0.15, 0.2) is 18.2 Å². The zero-order valence-corrected chi connectivity index (χ0v) is 20.6. The molecule has 8 N–H and O–H groups in total. The molecule has 0 saturated carbocycles. The van der Waals surface area contributed by atoms with Gasteiger partial charge >= 0.3 is 12.4 Å². The number of guanidine groups is 2. The standard InChI is InChI=1S/C22H22F6N8O5/c23-21(24,25)9-3-8(4-10(5-9)22(26,27)28)16(39)32-12-7-36-18(30)31-11(6-35-13(37)1-2-14(35)38)15-19(36,20(12,40)41)34-17(29)33-15/h3-5,11-12,15,40-41H,1-2,6-7H2,(H2,30,31)(H,32,39)(H3,29,33,34)/t11?,12-,15?,19?/m0/s1. The molecule has 1 aromatic carbocycles. The van der Waals surface area contributed by atoms with Gasteiger partial charge in [0, 0.05) is 24.9 Å². The smallest absolute Gasteiger partial charge is 0.361 e. The van der Waals surface area contributed by atoms with Crippen molar-refractivity contribution in [3.05, 3.63) is 34.9 Å². The van der Waals surface area contributed by atoms with Crippen molar-refractivity contribution in [3.63, 3.8) is 0 Å². The molecule has 222 valence electrons. The molecule has 5 rings (SSSR count). The normalized spacial score (nSPS) is 29.1. The minimum Gasteiger partial charge on any atom is -0.361 e. The number of nitrogens with zero attached hydrogens (tertiary/aromatic N) is 2. The van der Waals surface area contributed by atoms with Crippen molar-refractivity contribution in [1.29, 1.82) is 10.8 Å². The quantitative estimate of drug-likeness (QED) is 0.124. The second-order valence-electron chi connectivity index (χ2n) is 10.0. The molecule has 41 heavy (non-hydrogen) atoms. The van der Waals surface area contributed by atoms with Gasteiger partial charge in [-0.25, -0.2) is 0 Å². The van der Waals surface area contributed by atoms with Gasteiger partial charge in [0.25, 0.3) is 5.91 Å². The monoisotopic (exact) mass is 592 g/mol. The first-order valence-corrected chi connectivity index (χ1v) is 12.0. The molecule has 1 spiro atoms. The predicted molar refractivity (Wildman–Crippen MR) is 123 cm³/mol. The first-order valence-electron chi connectivity index (χ1n) is 12.0. The van der Waals surface area contributed by atoms with Gasteiger partial charge in [0.1, 0.15) is 6.04 Å². The minimum atomic E-state index is -5.23. The molecular formula is C22H22F6N8O5. The molecule has 0 aromatic heterocycles. The van der Waals surface area contributed by atoms with E-state index in [1.165, 1.54) is 0 Å². The van der Waals surface area contributed by atoms with Crippen LogP contribution in [0.3, 0.4) is 0 Å². The van der Waals surface area contributed by atoms with Gasteiger partial charge in [-0.05, 0) is 18.2 Å². The second kappa shape index (κ2) is 8.93. The zero-order valence-electron chi connectivity index (χ0n) is 20.6. The summed E-state index contributed by atoms with van der Waals surface area (Å²) in [6, 6.07) is -3.93. The van der Waals surface area contributed by atoms with Gasteiger partial charge in [-0.1, -0.05) is 0 Å². The summed E-state index contributed by atoms with van der Waals surface area (Å²) in [5, 5.41) is 49.2. The summed E-state index contributed by atoms with van der Waals surface area (Å²) in [7, 11) is 0. The number of amides is 3. The van der Waals surface area contributed by atoms with Gasteiger partial charge in [-0.2, -0.15) is 26.3 Å². The van der Waals surface area contributed by atoms with Crippen LogP contribution in [-0.2, 0) is 21.9 Å². The van der Waals surface area contributed by atoms with E-state index in [-0.39, 0.29) is 37.6 Å². The van der Waals surface area contributed by atoms with Crippen LogP contribution in [0.1, 0.15) is 34.3 Å². The van der Waals surface area contributed by atoms with Crippen molar-refractivity contribution in [1.82, 2.24) is 31.1 Å². The molecule has 3 unspecified atom stereocenters. The molecule has 4 heterocycles. The number of hydrogen-bond donors (Lipinski definition) is 8. The summed E-state index contributed by atoms with van der Waals surface area (Å²) in [5.41, 5.74) is -6.76. The lowest BCUT2D eigenvalue weighted by Gasteiger charge is -2.51. The number of carbonyl (C=O) groups is 3. The highest BCUT2D eigenvalue weighted by molar-refractivity contribution is 6.02. The number of hydrogen-bond acceptors (Lipinski definition) is 7. The third-order valence-corrected chi connectivity index (χ3v) is 7.59. The molecule has 4 saturated heterocycles. The number of aliphatic hydroxyl groups is 2. The highest BCUT2D eigenvalue weighted by Gasteiger charge is 2.74. The van der Waals surface area contributed by atoms with Crippen molar-refractivity contribution in [2.24, 2.45) is 0 Å². The molecule has 0 aliphatic carbocycles. The first kappa shape index (κ1) is 28.4. The van der Waals surface area contributed by atoms with E-state index < -0.39 is 94.8 Å². The largest absolute Gasteiger partial charge is 0.416 e. The van der Waals surface area contributed by atoms with E-state index in [1.54, 1.807) is 0 Å². The molecule has 0 bridgehead atoms. The Morgan fingerprint density at radius 2 is 1.56 bits per heavy atom. The molecule has 4 fully saturated rings. The summed E-state index contributed by atoms with van der Waals surface area (Å²) in [4.78, 5) is 39.2. The lowest BCUT2D eigenvalue weighted by atomic mass is 9.84. The van der Waals surface area contributed by atoms with Gasteiger partial charge in [-0.3, -0.25) is 30.1 Å². The Morgan fingerprint density at radius 1 is 1.00 bits per heavy atom. The van der Waals surface area contributed by atoms with E-state index in [9.17, 15) is 50.9 Å². The molecule has 4 atom stereocenters. The van der Waals surface area contributed by atoms with E-state index in [0.717, 1.165) is 9.80 Å². The molecule has 0 radical (unpaired) electrons. The lowest BCUT2D eigenvalue weighted by molar-refractivity contribution is -0.232. The Bertz CT molecular complexity index is 1320. The van der Waals surface area contributed by atoms with Crippen LogP contribution in [0.5, 0.6) is 0 Å². The molecular weight excluding hydrogens is 570 g/mol. The van der Waals surface area contributed by atoms with Gasteiger partial charge in [0.15, 0.2) is 17.6 Å². The van der Waals surface area contributed by atoms with Crippen LogP contribution in [0.4, 0.5) is 26.3 Å². The highest BCUT2D eigenvalue weighted by Crippen LogP contribution is 2.43. The number of halogens is 6. The maximum Gasteiger partial charge on any atom is 0.416 e. The Labute approximate surface area is 225 Å². The maximum absolute atomic E-state index is 13.3. The number of benzene rings is 1. The van der Waals surface area contributed by atoms with Gasteiger partial charge in [-0.15, -0.1) is 0 Å². The van der Waals surface area contributed by atoms with Crippen LogP contribution in [-0.4, -0.2) is 92.3 Å². The molecule has 1 aromatic rings. The number of carbonyl (C=O) groups excluding carboxylic acids is 3.